The summed E-state index contributed by atoms with van der Waals surface area (Å²) < 4.78 is 69.3. The summed E-state index contributed by atoms with van der Waals surface area (Å²) in [5.74, 6) is 0.279. The average Bonchev–Trinajstić information content (AvgIpc) is 1.64. The zero-order valence-electron chi connectivity index (χ0n) is 69.7. The summed E-state index contributed by atoms with van der Waals surface area (Å²) in [6, 6.07) is 73.6. The number of nitrogens with one attached hydrogen (secondary N) is 1. The Kier molecular flexibility index (Phi) is 30.7. The van der Waals surface area contributed by atoms with Crippen LogP contribution in [-0.4, -0.2) is 163 Å². The van der Waals surface area contributed by atoms with Gasteiger partial charge in [0.2, 0.25) is 0 Å². The number of rotatable bonds is 14. The number of amidine groups is 1. The van der Waals surface area contributed by atoms with Crippen LogP contribution in [0.5, 0.6) is 0 Å². The van der Waals surface area contributed by atoms with Gasteiger partial charge in [0.15, 0.2) is 5.69 Å². The Morgan fingerprint density at radius 3 is 1.44 bits per heavy atom. The van der Waals surface area contributed by atoms with Gasteiger partial charge in [0, 0.05) is 61.7 Å². The van der Waals surface area contributed by atoms with Gasteiger partial charge in [-0.15, -0.1) is 5.10 Å². The summed E-state index contributed by atoms with van der Waals surface area (Å²) in [7, 11) is -6.70. The SMILES string of the molecule is C.C.CS(=O)(=O)c1ccccc1-c1ccc(-n2nnc3c2[C](=[W])N(c2ccc4onc(N)c4c2)CC3)cc1.CS(=O)(=O)c1ccccc1-c1ccc(-n2nnc3c2[C](=[W])N(c2cccc(C(=N)N)c2)CC3)cc1.Cc1ccc(N2CCC=C(N3CCOCC3)C2=O)cc1C#N.Cc1ccc(N2CCc3nnn(-c4ccc(I)cc4)c3C2=O)cc1C#N.[N-]=[N+]=Nc1ccc(I)cc1. The number of fused-ring (bicyclic) bond motifs is 4. The van der Waals surface area contributed by atoms with Crippen LogP contribution in [0.1, 0.15) is 88.0 Å². The molecule has 2 amide bonds. The number of hydrogen-bond donors (Lipinski definition) is 3. The molecule has 14 aromatic rings. The summed E-state index contributed by atoms with van der Waals surface area (Å²) in [6.07, 6.45) is 7.42. The van der Waals surface area contributed by atoms with Gasteiger partial charge in [-0.05, 0) is 143 Å². The molecule has 19 rings (SSSR count). The van der Waals surface area contributed by atoms with Crippen LogP contribution in [0.2, 0.25) is 0 Å². The molecular weight excluding hydrogens is 2260 g/mol. The third-order valence-electron chi connectivity index (χ3n) is 21.8. The number of hydrogen-bond acceptors (Lipinski definition) is 23. The van der Waals surface area contributed by atoms with Gasteiger partial charge in [-0.3, -0.25) is 9.59 Å². The number of nitrogens with zero attached hydrogens (tertiary/aromatic N) is 20. The van der Waals surface area contributed by atoms with E-state index in [1.54, 1.807) is 63.0 Å². The van der Waals surface area contributed by atoms with E-state index in [1.807, 2.05) is 205 Å². The molecule has 5 N–H and O–H groups in total. The standard InChI is InChI=1S/C25H20N6O3S.C25H22N6O2S.C19H14IN5O.C17H19N3O2.C6H4IN3.2CH4.2W/c1-35(32,33)24-5-3-2-4-19(24)16-6-8-17(9-7-16)31-22-15-30(13-12-21(22)27-29-31)18-10-11-23-20(14-18)25(26)28-34-23;1-34(32,33)24-8-3-2-7-21(24)17-9-11-19(12-10-17)31-23-16-30(14-13-22(23)28-29-31)20-6-4-5-18(15-20)25(26)27;1-12-2-5-16(10-13(12)11-21)24-9-8-17-18(19(24)26)25(23-22-17)15-6-3-14(20)4-7-15;1-13-4-5-15(11-14(13)12-18)20-6-2-3-16(17(20)21)19-7-9-22-10-8-19;7-5-1-3-6(4-2-5)9-10-8;;;;/h2-11,14H,12-13H2,1H3,(H2,26,28);2-12,15H,13-14H2,1H3,(H3,26,27);2-7,10H,8-9H2,1H3;3-5,11H,2,6-10H2,1H3;1-4H;2*1H4;;. The Labute approximate surface area is 806 Å². The quantitative estimate of drug-likeness (QED) is 0.0227. The Hall–Kier alpha value is -12.8. The smallest absolute Gasteiger partial charge is 0.278 e. The van der Waals surface area contributed by atoms with Crippen LogP contribution in [0, 0.1) is 49.1 Å². The van der Waals surface area contributed by atoms with Crippen LogP contribution >= 0.6 is 45.2 Å². The van der Waals surface area contributed by atoms with Crippen molar-refractivity contribution in [2.24, 2.45) is 10.8 Å². The molecule has 0 radical (unpaired) electrons. The molecule has 1 saturated heterocycles. The number of sulfone groups is 2. The van der Waals surface area contributed by atoms with E-state index in [-0.39, 0.29) is 32.5 Å². The molecule has 0 saturated carbocycles. The first kappa shape index (κ1) is 95.7. The zero-order valence-corrected chi connectivity index (χ0v) is 81.5. The number of carbonyl (C=O) groups excluding carboxylic acids is 2. The molecule has 4 aromatic heterocycles. The number of benzene rings is 10. The maximum atomic E-state index is 13.2. The van der Waals surface area contributed by atoms with Gasteiger partial charge in [0.1, 0.15) is 0 Å². The monoisotopic (exact) mass is 2350 g/mol. The summed E-state index contributed by atoms with van der Waals surface area (Å²) in [6.45, 7) is 9.34. The number of halogens is 2. The fraction of sp³-hybridized carbons (Fsp3) is 0.191. The number of amides is 2. The van der Waals surface area contributed by atoms with Gasteiger partial charge in [0.05, 0.1) is 53.6 Å². The van der Waals surface area contributed by atoms with Crippen LogP contribution in [-0.2, 0) is 87.2 Å². The van der Waals surface area contributed by atoms with Crippen LogP contribution < -0.4 is 31.1 Å². The normalized spacial score (nSPS) is 13.9. The number of nitrogens with two attached hydrogens (primary N) is 2. The molecule has 0 atom stereocenters. The second-order valence-electron chi connectivity index (χ2n) is 30.2. The minimum atomic E-state index is -3.35. The van der Waals surface area contributed by atoms with Crippen molar-refractivity contribution in [3.63, 3.8) is 0 Å². The van der Waals surface area contributed by atoms with Crippen molar-refractivity contribution in [2.75, 3.05) is 90.3 Å². The Morgan fingerprint density at radius 1 is 0.527 bits per heavy atom. The second kappa shape index (κ2) is 41.9. The number of anilines is 5. The molecule has 0 unspecified atom stereocenters. The molecule has 131 heavy (non-hydrogen) atoms. The van der Waals surface area contributed by atoms with Gasteiger partial charge >= 0.3 is 433 Å². The van der Waals surface area contributed by atoms with Gasteiger partial charge in [-0.1, -0.05) is 55.5 Å². The van der Waals surface area contributed by atoms with E-state index in [2.05, 4.69) is 118 Å². The van der Waals surface area contributed by atoms with Crippen LogP contribution in [0.15, 0.2) is 256 Å². The van der Waals surface area contributed by atoms with Crippen molar-refractivity contribution in [2.45, 2.75) is 64.2 Å². The number of aromatic nitrogens is 10. The third kappa shape index (κ3) is 21.3. The minimum Gasteiger partial charge on any atom is -0.378 e. The van der Waals surface area contributed by atoms with Crippen molar-refractivity contribution in [3.8, 4) is 51.5 Å². The number of nitriles is 2. The van der Waals surface area contributed by atoms with E-state index < -0.39 is 19.7 Å². The van der Waals surface area contributed by atoms with Gasteiger partial charge < -0.3 is 19.4 Å². The minimum absolute atomic E-state index is 0. The predicted octanol–water partition coefficient (Wildman–Crippen LogP) is 15.4. The van der Waals surface area contributed by atoms with Gasteiger partial charge in [0.25, 0.3) is 11.8 Å². The Morgan fingerprint density at radius 2 is 0.954 bits per heavy atom. The Balaban J connectivity index is 0.000000145. The fourth-order valence-electron chi connectivity index (χ4n) is 15.2. The first-order chi connectivity index (χ1) is 62.2. The van der Waals surface area contributed by atoms with Gasteiger partial charge in [-0.2, -0.15) is 10.5 Å². The molecule has 664 valence electrons. The molecule has 9 heterocycles. The average molecular weight is 2350 g/mol. The van der Waals surface area contributed by atoms with E-state index in [0.29, 0.717) is 98.8 Å². The fourth-order valence-corrected chi connectivity index (χ4v) is 20.6. The summed E-state index contributed by atoms with van der Waals surface area (Å²) >= 11 is 6.98. The summed E-state index contributed by atoms with van der Waals surface area (Å²) in [5.41, 5.74) is 39.5. The third-order valence-corrected chi connectivity index (χ3v) is 28.6. The number of ether oxygens (including phenoxy) is 1. The van der Waals surface area contributed by atoms with E-state index in [4.69, 9.17) is 31.7 Å². The molecule has 10 aromatic carbocycles. The second-order valence-corrected chi connectivity index (χ2v) is 39.4. The van der Waals surface area contributed by atoms with E-state index in [9.17, 15) is 36.9 Å². The van der Waals surface area contributed by atoms with Crippen molar-refractivity contribution in [3.05, 3.63) is 316 Å². The topological polar surface area (TPSA) is 418 Å². The largest absolute Gasteiger partial charge is 0.378 e. The van der Waals surface area contributed by atoms with E-state index in [0.717, 1.165) is 157 Å². The predicted molar refractivity (Wildman–Crippen MR) is 516 cm³/mol. The number of aryl methyl sites for hydroxylation is 2. The number of carbonyl (C=O) groups is 2. The zero-order chi connectivity index (χ0) is 91.0. The van der Waals surface area contributed by atoms with Crippen LogP contribution in [0.3, 0.4) is 0 Å². The molecule has 0 bridgehead atoms. The maximum absolute atomic E-state index is 13.2. The molecule has 5 aliphatic heterocycles. The summed E-state index contributed by atoms with van der Waals surface area (Å²) in [5, 5.41) is 60.4. The van der Waals surface area contributed by atoms with Crippen LogP contribution in [0.25, 0.3) is 60.7 Å². The first-order valence-corrected chi connectivity index (χ1v) is 49.2. The Bertz CT molecular complexity index is 7140. The summed E-state index contributed by atoms with van der Waals surface area (Å²) in [4.78, 5) is 39.3. The van der Waals surface area contributed by atoms with Gasteiger partial charge in [-0.25, -0.2) is 4.68 Å². The maximum Gasteiger partial charge on any atom is 0.278 e. The number of morpholine rings is 1. The van der Waals surface area contributed by atoms with Crippen molar-refractivity contribution < 1.29 is 74.4 Å². The van der Waals surface area contributed by atoms with E-state index in [1.165, 1.54) is 51.2 Å². The van der Waals surface area contributed by atoms with Crippen molar-refractivity contribution in [1.82, 2.24) is 55.0 Å². The van der Waals surface area contributed by atoms with Crippen molar-refractivity contribution in [1.29, 1.82) is 15.9 Å². The number of nitrogen functional groups attached to an aromatic ring is 2. The van der Waals surface area contributed by atoms with Crippen LogP contribution in [0.4, 0.5) is 34.3 Å². The number of azide groups is 1. The molecule has 1 fully saturated rings. The molecular formula is C94H87I2N23O8S2W2. The first-order valence-electron chi connectivity index (χ1n) is 40.3. The van der Waals surface area contributed by atoms with E-state index >= 15 is 0 Å². The molecule has 0 spiro atoms. The molecule has 0 aliphatic carbocycles. The molecule has 5 aliphatic rings. The van der Waals surface area contributed by atoms with Crippen molar-refractivity contribution >= 4 is 136 Å². The molecule has 31 nitrogen and oxygen atoms in total. The molecule has 37 heteroatoms.